The van der Waals surface area contributed by atoms with Gasteiger partial charge in [-0.05, 0) is 18.3 Å². The molecule has 0 saturated carbocycles. The first-order valence-electron chi connectivity index (χ1n) is 8.52. The van der Waals surface area contributed by atoms with Gasteiger partial charge in [0.1, 0.15) is 0 Å². The Morgan fingerprint density at radius 2 is 1.74 bits per heavy atom. The lowest BCUT2D eigenvalue weighted by atomic mass is 9.91. The number of likely N-dealkylation sites (N-methyl/N-ethyl adjacent to an activating group) is 1. The van der Waals surface area contributed by atoms with Gasteiger partial charge >= 0.3 is 0 Å². The standard InChI is InChI=1S/C17H35N3O3/c1-8-12(5)16(13(9-2)23-7)20(6)14(21)10-19-17(22)15(18)11(3)4/h11-13,15-16H,8-10,18H2,1-7H3,(H,19,22). The molecule has 0 spiro atoms. The fraction of sp³-hybridized carbons (Fsp3) is 0.882. The number of carbonyl (C=O) groups excluding carboxylic acids is 2. The highest BCUT2D eigenvalue weighted by Crippen LogP contribution is 2.21. The van der Waals surface area contributed by atoms with Crippen LogP contribution in [-0.4, -0.2) is 55.6 Å². The van der Waals surface area contributed by atoms with Crippen molar-refractivity contribution in [1.29, 1.82) is 0 Å². The maximum absolute atomic E-state index is 12.5. The smallest absolute Gasteiger partial charge is 0.242 e. The minimum absolute atomic E-state index is 0.0156. The fourth-order valence-electron chi connectivity index (χ4n) is 2.66. The number of rotatable bonds is 10. The summed E-state index contributed by atoms with van der Waals surface area (Å²) < 4.78 is 5.55. The molecule has 0 bridgehead atoms. The Hall–Kier alpha value is -1.14. The minimum atomic E-state index is -0.596. The van der Waals surface area contributed by atoms with Crippen LogP contribution < -0.4 is 11.1 Å². The molecule has 0 heterocycles. The number of hydrogen-bond acceptors (Lipinski definition) is 4. The molecule has 0 aliphatic heterocycles. The van der Waals surface area contributed by atoms with Gasteiger partial charge in [-0.1, -0.05) is 41.0 Å². The van der Waals surface area contributed by atoms with E-state index in [1.165, 1.54) is 0 Å². The molecule has 4 unspecified atom stereocenters. The van der Waals surface area contributed by atoms with E-state index >= 15 is 0 Å². The molecule has 0 fully saturated rings. The van der Waals surface area contributed by atoms with Gasteiger partial charge in [-0.15, -0.1) is 0 Å². The normalized spacial score (nSPS) is 16.6. The second-order valence-electron chi connectivity index (χ2n) is 6.55. The minimum Gasteiger partial charge on any atom is -0.379 e. The van der Waals surface area contributed by atoms with Gasteiger partial charge in [0, 0.05) is 14.2 Å². The Balaban J connectivity index is 4.84. The van der Waals surface area contributed by atoms with Crippen LogP contribution in [0.15, 0.2) is 0 Å². The molecule has 0 aliphatic carbocycles. The largest absolute Gasteiger partial charge is 0.379 e. The number of nitrogens with two attached hydrogens (primary N) is 1. The van der Waals surface area contributed by atoms with Gasteiger partial charge in [-0.2, -0.15) is 0 Å². The molecule has 6 nitrogen and oxygen atoms in total. The van der Waals surface area contributed by atoms with Gasteiger partial charge in [0.15, 0.2) is 0 Å². The van der Waals surface area contributed by atoms with Crippen LogP contribution in [0, 0.1) is 11.8 Å². The van der Waals surface area contributed by atoms with Crippen molar-refractivity contribution in [3.63, 3.8) is 0 Å². The molecule has 0 aromatic heterocycles. The third-order valence-electron chi connectivity index (χ3n) is 4.59. The van der Waals surface area contributed by atoms with Crippen molar-refractivity contribution in [3.05, 3.63) is 0 Å². The van der Waals surface area contributed by atoms with Gasteiger partial charge in [0.05, 0.1) is 24.7 Å². The number of amides is 2. The van der Waals surface area contributed by atoms with Gasteiger partial charge in [0.2, 0.25) is 11.8 Å². The average Bonchev–Trinajstić information content (AvgIpc) is 2.54. The average molecular weight is 329 g/mol. The van der Waals surface area contributed by atoms with Crippen LogP contribution in [0.3, 0.4) is 0 Å². The molecular formula is C17H35N3O3. The van der Waals surface area contributed by atoms with Gasteiger partial charge in [-0.3, -0.25) is 9.59 Å². The van der Waals surface area contributed by atoms with E-state index in [0.717, 1.165) is 12.8 Å². The van der Waals surface area contributed by atoms with E-state index < -0.39 is 6.04 Å². The summed E-state index contributed by atoms with van der Waals surface area (Å²) in [5.74, 6) is -0.0770. The van der Waals surface area contributed by atoms with E-state index in [-0.39, 0.29) is 36.4 Å². The molecule has 23 heavy (non-hydrogen) atoms. The Labute approximate surface area is 141 Å². The van der Waals surface area contributed by atoms with Gasteiger partial charge in [0.25, 0.3) is 0 Å². The highest BCUT2D eigenvalue weighted by Gasteiger charge is 2.31. The summed E-state index contributed by atoms with van der Waals surface area (Å²) in [7, 11) is 3.45. The van der Waals surface area contributed by atoms with E-state index in [1.807, 2.05) is 20.8 Å². The van der Waals surface area contributed by atoms with Crippen molar-refractivity contribution in [2.75, 3.05) is 20.7 Å². The first-order chi connectivity index (χ1) is 10.7. The van der Waals surface area contributed by atoms with Crippen LogP contribution in [0.25, 0.3) is 0 Å². The summed E-state index contributed by atoms with van der Waals surface area (Å²) in [4.78, 5) is 26.0. The number of ether oxygens (including phenoxy) is 1. The molecule has 0 rings (SSSR count). The lowest BCUT2D eigenvalue weighted by Crippen LogP contribution is -2.53. The molecule has 4 atom stereocenters. The summed E-state index contributed by atoms with van der Waals surface area (Å²) in [5.41, 5.74) is 5.79. The molecule has 0 radical (unpaired) electrons. The van der Waals surface area contributed by atoms with Crippen LogP contribution in [0.4, 0.5) is 0 Å². The molecule has 0 aromatic rings. The fourth-order valence-corrected chi connectivity index (χ4v) is 2.66. The van der Waals surface area contributed by atoms with Crippen LogP contribution in [0.1, 0.15) is 47.5 Å². The highest BCUT2D eigenvalue weighted by atomic mass is 16.5. The second kappa shape index (κ2) is 10.6. The number of methoxy groups -OCH3 is 1. The lowest BCUT2D eigenvalue weighted by molar-refractivity contribution is -0.138. The first kappa shape index (κ1) is 21.9. The molecule has 0 aromatic carbocycles. The van der Waals surface area contributed by atoms with E-state index in [0.29, 0.717) is 5.92 Å². The summed E-state index contributed by atoms with van der Waals surface area (Å²) in [5, 5.41) is 2.64. The lowest BCUT2D eigenvalue weighted by Gasteiger charge is -2.37. The van der Waals surface area contributed by atoms with Gasteiger partial charge < -0.3 is 20.7 Å². The van der Waals surface area contributed by atoms with Crippen LogP contribution in [0.2, 0.25) is 0 Å². The molecule has 0 saturated heterocycles. The Kier molecular flexibility index (Phi) is 10.1. The maximum Gasteiger partial charge on any atom is 0.242 e. The van der Waals surface area contributed by atoms with Crippen molar-refractivity contribution in [1.82, 2.24) is 10.2 Å². The van der Waals surface area contributed by atoms with E-state index in [9.17, 15) is 9.59 Å². The zero-order valence-corrected chi connectivity index (χ0v) is 15.8. The van der Waals surface area contributed by atoms with Crippen LogP contribution >= 0.6 is 0 Å². The number of carbonyl (C=O) groups is 2. The van der Waals surface area contributed by atoms with Crippen molar-refractivity contribution < 1.29 is 14.3 Å². The SMILES string of the molecule is CCC(C)C(C(CC)OC)N(C)C(=O)CNC(=O)C(N)C(C)C. The van der Waals surface area contributed by atoms with Crippen LogP contribution in [0.5, 0.6) is 0 Å². The summed E-state index contributed by atoms with van der Waals surface area (Å²) in [6.07, 6.45) is 1.76. The van der Waals surface area contributed by atoms with Crippen molar-refractivity contribution >= 4 is 11.8 Å². The first-order valence-corrected chi connectivity index (χ1v) is 8.52. The molecule has 2 amide bonds. The summed E-state index contributed by atoms with van der Waals surface area (Å²) in [6.45, 7) is 9.97. The Bertz CT molecular complexity index is 370. The zero-order chi connectivity index (χ0) is 18.2. The van der Waals surface area contributed by atoms with E-state index in [4.69, 9.17) is 10.5 Å². The van der Waals surface area contributed by atoms with Crippen molar-refractivity contribution in [2.24, 2.45) is 17.6 Å². The molecule has 136 valence electrons. The Morgan fingerprint density at radius 3 is 2.13 bits per heavy atom. The molecule has 3 N–H and O–H groups in total. The summed E-state index contributed by atoms with van der Waals surface area (Å²) >= 11 is 0. The van der Waals surface area contributed by atoms with E-state index in [2.05, 4.69) is 19.2 Å². The molecule has 6 heteroatoms. The van der Waals surface area contributed by atoms with Crippen molar-refractivity contribution in [2.45, 2.75) is 65.6 Å². The number of nitrogens with zero attached hydrogens (tertiary/aromatic N) is 1. The van der Waals surface area contributed by atoms with Crippen LogP contribution in [-0.2, 0) is 14.3 Å². The molecule has 0 aliphatic rings. The third-order valence-corrected chi connectivity index (χ3v) is 4.59. The predicted molar refractivity (Wildman–Crippen MR) is 92.9 cm³/mol. The third kappa shape index (κ3) is 6.47. The second-order valence-corrected chi connectivity index (χ2v) is 6.55. The van der Waals surface area contributed by atoms with Gasteiger partial charge in [-0.25, -0.2) is 0 Å². The zero-order valence-electron chi connectivity index (χ0n) is 15.8. The monoisotopic (exact) mass is 329 g/mol. The maximum atomic E-state index is 12.5. The topological polar surface area (TPSA) is 84.7 Å². The Morgan fingerprint density at radius 1 is 1.17 bits per heavy atom. The highest BCUT2D eigenvalue weighted by molar-refractivity contribution is 5.87. The quantitative estimate of drug-likeness (QED) is 0.634. The van der Waals surface area contributed by atoms with E-state index in [1.54, 1.807) is 19.1 Å². The van der Waals surface area contributed by atoms with Crippen molar-refractivity contribution in [3.8, 4) is 0 Å². The summed E-state index contributed by atoms with van der Waals surface area (Å²) in [6, 6.07) is -0.612. The number of nitrogens with one attached hydrogen (secondary N) is 1. The predicted octanol–water partition coefficient (Wildman–Crippen LogP) is 1.38. The number of hydrogen-bond donors (Lipinski definition) is 2. The molecular weight excluding hydrogens is 294 g/mol.